The predicted molar refractivity (Wildman–Crippen MR) is 109 cm³/mol. The maximum atomic E-state index is 11.8. The molecule has 0 saturated carbocycles. The van der Waals surface area contributed by atoms with Crippen molar-refractivity contribution in [2.75, 3.05) is 0 Å². The summed E-state index contributed by atoms with van der Waals surface area (Å²) in [5.41, 5.74) is -0.957. The second-order valence-corrected chi connectivity index (χ2v) is 7.84. The lowest BCUT2D eigenvalue weighted by Gasteiger charge is -2.22. The van der Waals surface area contributed by atoms with Gasteiger partial charge in [-0.2, -0.15) is 0 Å². The van der Waals surface area contributed by atoms with Crippen molar-refractivity contribution in [2.45, 2.75) is 97.2 Å². The molecule has 0 aromatic carbocycles. The standard InChI is InChI=1S/C22H38O5/c1-4-5-6-7-8-9-10-11-12-13-18(23)14-15-19(24)20(25)16-17-22(2,3)21(26)27/h11-12,14-15,19-20,24-25H,4-10,13,16-17H2,1-3H3,(H,26,27)/b12-11-,15-14+. The van der Waals surface area contributed by atoms with Gasteiger partial charge in [0.25, 0.3) is 0 Å². The van der Waals surface area contributed by atoms with E-state index < -0.39 is 23.6 Å². The largest absolute Gasteiger partial charge is 0.481 e. The molecule has 0 saturated heterocycles. The van der Waals surface area contributed by atoms with E-state index in [-0.39, 0.29) is 25.0 Å². The number of aliphatic hydroxyl groups is 2. The lowest BCUT2D eigenvalue weighted by atomic mass is 9.86. The van der Waals surface area contributed by atoms with E-state index in [1.165, 1.54) is 44.3 Å². The summed E-state index contributed by atoms with van der Waals surface area (Å²) < 4.78 is 0. The second kappa shape index (κ2) is 14.6. The number of rotatable bonds is 16. The molecule has 3 N–H and O–H groups in total. The van der Waals surface area contributed by atoms with Crippen LogP contribution in [0, 0.1) is 5.41 Å². The Morgan fingerprint density at radius 2 is 1.63 bits per heavy atom. The molecular formula is C22H38O5. The first kappa shape index (κ1) is 25.5. The molecule has 0 spiro atoms. The quantitative estimate of drug-likeness (QED) is 0.209. The molecule has 0 fully saturated rings. The van der Waals surface area contributed by atoms with Crippen molar-refractivity contribution in [2.24, 2.45) is 5.41 Å². The van der Waals surface area contributed by atoms with Gasteiger partial charge >= 0.3 is 5.97 Å². The molecule has 0 rings (SSSR count). The summed E-state index contributed by atoms with van der Waals surface area (Å²) in [5.74, 6) is -1.08. The molecular weight excluding hydrogens is 344 g/mol. The van der Waals surface area contributed by atoms with Crippen LogP contribution in [0.25, 0.3) is 0 Å². The fourth-order valence-electron chi connectivity index (χ4n) is 2.55. The third-order valence-electron chi connectivity index (χ3n) is 4.73. The molecule has 2 unspecified atom stereocenters. The van der Waals surface area contributed by atoms with Crippen LogP contribution in [-0.4, -0.2) is 39.3 Å². The number of carbonyl (C=O) groups is 2. The van der Waals surface area contributed by atoms with Gasteiger partial charge in [-0.1, -0.05) is 57.3 Å². The average molecular weight is 383 g/mol. The highest BCUT2D eigenvalue weighted by atomic mass is 16.4. The number of aliphatic carboxylic acids is 1. The molecule has 156 valence electrons. The molecule has 27 heavy (non-hydrogen) atoms. The average Bonchev–Trinajstić information content (AvgIpc) is 2.62. The van der Waals surface area contributed by atoms with Crippen LogP contribution in [0.3, 0.4) is 0 Å². The molecule has 5 heteroatoms. The van der Waals surface area contributed by atoms with Gasteiger partial charge in [-0.05, 0) is 45.6 Å². The number of hydrogen-bond donors (Lipinski definition) is 3. The maximum absolute atomic E-state index is 11.8. The Hall–Kier alpha value is -1.46. The fourth-order valence-corrected chi connectivity index (χ4v) is 2.55. The highest BCUT2D eigenvalue weighted by Crippen LogP contribution is 2.24. The number of allylic oxidation sites excluding steroid dienone is 3. The lowest BCUT2D eigenvalue weighted by Crippen LogP contribution is -2.29. The van der Waals surface area contributed by atoms with Crippen LogP contribution in [0.15, 0.2) is 24.3 Å². The molecule has 0 radical (unpaired) electrons. The number of carboxylic acid groups (broad SMARTS) is 1. The molecule has 0 aliphatic carbocycles. The van der Waals surface area contributed by atoms with Crippen LogP contribution in [0.4, 0.5) is 0 Å². The van der Waals surface area contributed by atoms with Crippen LogP contribution in [0.2, 0.25) is 0 Å². The summed E-state index contributed by atoms with van der Waals surface area (Å²) in [4.78, 5) is 22.8. The van der Waals surface area contributed by atoms with E-state index in [0.717, 1.165) is 12.8 Å². The maximum Gasteiger partial charge on any atom is 0.309 e. The van der Waals surface area contributed by atoms with E-state index in [4.69, 9.17) is 5.11 Å². The van der Waals surface area contributed by atoms with Crippen LogP contribution in [-0.2, 0) is 9.59 Å². The highest BCUT2D eigenvalue weighted by Gasteiger charge is 2.28. The molecule has 0 bridgehead atoms. The molecule has 0 amide bonds. The van der Waals surface area contributed by atoms with Crippen molar-refractivity contribution in [3.05, 3.63) is 24.3 Å². The van der Waals surface area contributed by atoms with Gasteiger partial charge in [0.1, 0.15) is 0 Å². The van der Waals surface area contributed by atoms with Crippen molar-refractivity contribution >= 4 is 11.8 Å². The van der Waals surface area contributed by atoms with Crippen molar-refractivity contribution < 1.29 is 24.9 Å². The van der Waals surface area contributed by atoms with Crippen LogP contribution >= 0.6 is 0 Å². The van der Waals surface area contributed by atoms with Gasteiger partial charge in [-0.25, -0.2) is 0 Å². The van der Waals surface area contributed by atoms with Gasteiger partial charge in [0.2, 0.25) is 0 Å². The number of carboxylic acids is 1. The lowest BCUT2D eigenvalue weighted by molar-refractivity contribution is -0.147. The van der Waals surface area contributed by atoms with Gasteiger partial charge in [0.15, 0.2) is 5.78 Å². The minimum atomic E-state index is -1.18. The zero-order chi connectivity index (χ0) is 20.7. The zero-order valence-electron chi connectivity index (χ0n) is 17.2. The van der Waals surface area contributed by atoms with E-state index in [1.54, 1.807) is 13.8 Å². The normalized spacial score (nSPS) is 14.7. The first-order valence-corrected chi connectivity index (χ1v) is 10.2. The number of hydrogen-bond acceptors (Lipinski definition) is 4. The van der Waals surface area contributed by atoms with Crippen molar-refractivity contribution in [3.63, 3.8) is 0 Å². The van der Waals surface area contributed by atoms with E-state index in [2.05, 4.69) is 6.92 Å². The molecule has 0 aliphatic rings. The summed E-state index contributed by atoms with van der Waals surface area (Å²) in [6.45, 7) is 5.35. The molecule has 5 nitrogen and oxygen atoms in total. The molecule has 0 aromatic heterocycles. The minimum absolute atomic E-state index is 0.133. The monoisotopic (exact) mass is 382 g/mol. The predicted octanol–water partition coefficient (Wildman–Crippen LogP) is 4.42. The second-order valence-electron chi connectivity index (χ2n) is 7.84. The fraction of sp³-hybridized carbons (Fsp3) is 0.727. The van der Waals surface area contributed by atoms with Crippen LogP contribution in [0.5, 0.6) is 0 Å². The third kappa shape index (κ3) is 13.4. The van der Waals surface area contributed by atoms with E-state index in [0.29, 0.717) is 0 Å². The van der Waals surface area contributed by atoms with Gasteiger partial charge < -0.3 is 15.3 Å². The van der Waals surface area contributed by atoms with Gasteiger partial charge in [-0.3, -0.25) is 9.59 Å². The number of ketones is 1. The Labute approximate surface area is 164 Å². The third-order valence-corrected chi connectivity index (χ3v) is 4.73. The summed E-state index contributed by atoms with van der Waals surface area (Å²) in [6, 6.07) is 0. The Bertz CT molecular complexity index is 479. The van der Waals surface area contributed by atoms with E-state index >= 15 is 0 Å². The van der Waals surface area contributed by atoms with E-state index in [1.807, 2.05) is 12.2 Å². The highest BCUT2D eigenvalue weighted by molar-refractivity contribution is 5.90. The summed E-state index contributed by atoms with van der Waals surface area (Å²) in [6.07, 6.45) is 13.3. The Kier molecular flexibility index (Phi) is 13.8. The van der Waals surface area contributed by atoms with Crippen molar-refractivity contribution in [1.29, 1.82) is 0 Å². The van der Waals surface area contributed by atoms with Gasteiger partial charge in [0.05, 0.1) is 17.6 Å². The van der Waals surface area contributed by atoms with E-state index in [9.17, 15) is 19.8 Å². The topological polar surface area (TPSA) is 94.8 Å². The van der Waals surface area contributed by atoms with Crippen LogP contribution < -0.4 is 0 Å². The summed E-state index contributed by atoms with van der Waals surface area (Å²) in [7, 11) is 0. The Morgan fingerprint density at radius 3 is 2.26 bits per heavy atom. The minimum Gasteiger partial charge on any atom is -0.481 e. The van der Waals surface area contributed by atoms with Crippen molar-refractivity contribution in [1.82, 2.24) is 0 Å². The number of carbonyl (C=O) groups excluding carboxylic acids is 1. The molecule has 0 aliphatic heterocycles. The SMILES string of the molecule is CCCCCCCC/C=C\CC(=O)/C=C/C(O)C(O)CCC(C)(C)C(=O)O. The summed E-state index contributed by atoms with van der Waals surface area (Å²) in [5, 5.41) is 28.8. The number of aliphatic hydroxyl groups excluding tert-OH is 2. The van der Waals surface area contributed by atoms with Crippen molar-refractivity contribution in [3.8, 4) is 0 Å². The Morgan fingerprint density at radius 1 is 1.00 bits per heavy atom. The van der Waals surface area contributed by atoms with Gasteiger partial charge in [0, 0.05) is 6.42 Å². The molecule has 0 heterocycles. The number of unbranched alkanes of at least 4 members (excludes halogenated alkanes) is 6. The van der Waals surface area contributed by atoms with Crippen LogP contribution in [0.1, 0.15) is 85.0 Å². The first-order valence-electron chi connectivity index (χ1n) is 10.2. The molecule has 2 atom stereocenters. The molecule has 0 aromatic rings. The summed E-state index contributed by atoms with van der Waals surface area (Å²) >= 11 is 0. The van der Waals surface area contributed by atoms with Gasteiger partial charge in [-0.15, -0.1) is 0 Å². The first-order chi connectivity index (χ1) is 12.7. The Balaban J connectivity index is 4.00. The smallest absolute Gasteiger partial charge is 0.309 e. The zero-order valence-corrected chi connectivity index (χ0v) is 17.2.